The minimum Gasteiger partial charge on any atom is -0.479 e. The van der Waals surface area contributed by atoms with Gasteiger partial charge in [0.15, 0.2) is 6.10 Å². The van der Waals surface area contributed by atoms with Crippen molar-refractivity contribution < 1.29 is 37.0 Å². The average Bonchev–Trinajstić information content (AvgIpc) is 2.53. The van der Waals surface area contributed by atoms with Crippen molar-refractivity contribution in [1.29, 1.82) is 0 Å². The molecule has 0 aliphatic heterocycles. The van der Waals surface area contributed by atoms with Gasteiger partial charge in [-0.1, -0.05) is 6.07 Å². The number of aliphatic carboxylic acids is 1. The quantitative estimate of drug-likeness (QED) is 0.788. The lowest BCUT2D eigenvalue weighted by Crippen LogP contribution is -2.23. The van der Waals surface area contributed by atoms with E-state index in [0.29, 0.717) is 6.07 Å². The van der Waals surface area contributed by atoms with Gasteiger partial charge in [0.1, 0.15) is 11.6 Å². The van der Waals surface area contributed by atoms with E-state index in [1.54, 1.807) is 0 Å². The summed E-state index contributed by atoms with van der Waals surface area (Å²) in [5.41, 5.74) is 3.33. The molecular weight excluding hydrogens is 358 g/mol. The van der Waals surface area contributed by atoms with Crippen LogP contribution in [0.15, 0.2) is 36.4 Å². The van der Waals surface area contributed by atoms with E-state index in [2.05, 4.69) is 0 Å². The van der Waals surface area contributed by atoms with E-state index in [-0.39, 0.29) is 16.9 Å². The minimum absolute atomic E-state index is 0.0359. The summed E-state index contributed by atoms with van der Waals surface area (Å²) in [6, 6.07) is 5.43. The van der Waals surface area contributed by atoms with Gasteiger partial charge in [0.2, 0.25) is 0 Å². The van der Waals surface area contributed by atoms with Crippen LogP contribution in [0.5, 0.6) is 5.75 Å². The van der Waals surface area contributed by atoms with Gasteiger partial charge in [0.25, 0.3) is 5.91 Å². The first-order valence-corrected chi connectivity index (χ1v) is 7.21. The van der Waals surface area contributed by atoms with Crippen molar-refractivity contribution >= 4 is 11.9 Å². The number of primary amides is 1. The van der Waals surface area contributed by atoms with Crippen LogP contribution in [-0.2, 0) is 11.0 Å². The summed E-state index contributed by atoms with van der Waals surface area (Å²) >= 11 is 0. The van der Waals surface area contributed by atoms with Gasteiger partial charge in [-0.3, -0.25) is 4.79 Å². The fraction of sp³-hybridized carbons (Fsp3) is 0.176. The highest BCUT2D eigenvalue weighted by molar-refractivity contribution is 5.93. The van der Waals surface area contributed by atoms with Gasteiger partial charge >= 0.3 is 12.1 Å². The number of nitrogens with two attached hydrogens (primary N) is 1. The number of benzene rings is 2. The molecule has 0 unspecified atom stereocenters. The zero-order chi connectivity index (χ0) is 19.6. The van der Waals surface area contributed by atoms with Crippen molar-refractivity contribution in [1.82, 2.24) is 0 Å². The molecule has 1 atom stereocenters. The van der Waals surface area contributed by atoms with Crippen molar-refractivity contribution in [3.63, 3.8) is 0 Å². The third-order valence-corrected chi connectivity index (χ3v) is 3.50. The highest BCUT2D eigenvalue weighted by Gasteiger charge is 2.31. The molecule has 0 aliphatic rings. The zero-order valence-corrected chi connectivity index (χ0v) is 13.3. The second-order valence-electron chi connectivity index (χ2n) is 5.37. The molecule has 9 heteroatoms. The Morgan fingerprint density at radius 1 is 1.15 bits per heavy atom. The summed E-state index contributed by atoms with van der Waals surface area (Å²) in [5.74, 6) is -3.57. The highest BCUT2D eigenvalue weighted by atomic mass is 19.4. The molecular formula is C17H13F4NO4. The predicted octanol–water partition coefficient (Wildman–Crippen LogP) is 3.46. The first-order chi connectivity index (χ1) is 12.0. The first-order valence-electron chi connectivity index (χ1n) is 7.21. The van der Waals surface area contributed by atoms with Gasteiger partial charge in [-0.2, -0.15) is 13.2 Å². The van der Waals surface area contributed by atoms with Crippen molar-refractivity contribution in [2.24, 2.45) is 5.73 Å². The van der Waals surface area contributed by atoms with Gasteiger partial charge in [0.05, 0.1) is 11.1 Å². The normalized spacial score (nSPS) is 12.5. The number of carboxylic acid groups (broad SMARTS) is 1. The summed E-state index contributed by atoms with van der Waals surface area (Å²) in [6.45, 7) is 1.19. The van der Waals surface area contributed by atoms with Gasteiger partial charge in [-0.25, -0.2) is 9.18 Å². The molecule has 1 amide bonds. The number of amides is 1. The average molecular weight is 371 g/mol. The third kappa shape index (κ3) is 4.11. The van der Waals surface area contributed by atoms with E-state index >= 15 is 0 Å². The fourth-order valence-corrected chi connectivity index (χ4v) is 2.16. The van der Waals surface area contributed by atoms with Crippen LogP contribution in [-0.4, -0.2) is 23.1 Å². The number of ether oxygens (including phenoxy) is 1. The summed E-state index contributed by atoms with van der Waals surface area (Å²) in [7, 11) is 0. The van der Waals surface area contributed by atoms with E-state index < -0.39 is 41.1 Å². The lowest BCUT2D eigenvalue weighted by atomic mass is 9.99. The number of hydrogen-bond donors (Lipinski definition) is 2. The molecule has 2 aromatic rings. The monoisotopic (exact) mass is 371 g/mol. The maximum absolute atomic E-state index is 14.0. The highest BCUT2D eigenvalue weighted by Crippen LogP contribution is 2.38. The molecule has 138 valence electrons. The second-order valence-corrected chi connectivity index (χ2v) is 5.37. The van der Waals surface area contributed by atoms with Crippen LogP contribution in [0, 0.1) is 5.82 Å². The Morgan fingerprint density at radius 2 is 1.81 bits per heavy atom. The molecule has 0 heterocycles. The maximum Gasteiger partial charge on any atom is 0.416 e. The van der Waals surface area contributed by atoms with Crippen LogP contribution < -0.4 is 10.5 Å². The molecule has 0 aliphatic carbocycles. The van der Waals surface area contributed by atoms with Gasteiger partial charge in [-0.05, 0) is 42.8 Å². The third-order valence-electron chi connectivity index (χ3n) is 3.50. The molecule has 0 aromatic heterocycles. The number of hydrogen-bond acceptors (Lipinski definition) is 3. The molecule has 0 radical (unpaired) electrons. The largest absolute Gasteiger partial charge is 0.479 e. The van der Waals surface area contributed by atoms with Crippen molar-refractivity contribution in [3.8, 4) is 16.9 Å². The summed E-state index contributed by atoms with van der Waals surface area (Å²) in [5, 5.41) is 8.91. The summed E-state index contributed by atoms with van der Waals surface area (Å²) < 4.78 is 58.1. The van der Waals surface area contributed by atoms with Crippen LogP contribution in [0.1, 0.15) is 22.8 Å². The smallest absolute Gasteiger partial charge is 0.416 e. The summed E-state index contributed by atoms with van der Waals surface area (Å²) in [6.07, 6.45) is -6.02. The lowest BCUT2D eigenvalue weighted by Gasteiger charge is -2.17. The Kier molecular flexibility index (Phi) is 5.20. The molecule has 26 heavy (non-hydrogen) atoms. The predicted molar refractivity (Wildman–Crippen MR) is 83.1 cm³/mol. The number of carboxylic acids is 1. The van der Waals surface area contributed by atoms with E-state index in [0.717, 1.165) is 24.3 Å². The molecule has 2 aromatic carbocycles. The van der Waals surface area contributed by atoms with E-state index in [1.807, 2.05) is 0 Å². The number of carbonyl (C=O) groups excluding carboxylic acids is 1. The summed E-state index contributed by atoms with van der Waals surface area (Å²) in [4.78, 5) is 22.0. The zero-order valence-electron chi connectivity index (χ0n) is 13.3. The maximum atomic E-state index is 14.0. The first kappa shape index (κ1) is 19.2. The number of rotatable bonds is 5. The van der Waals surface area contributed by atoms with Crippen LogP contribution in [0.3, 0.4) is 0 Å². The topological polar surface area (TPSA) is 89.6 Å². The van der Waals surface area contributed by atoms with E-state index in [9.17, 15) is 27.2 Å². The molecule has 0 fully saturated rings. The Bertz CT molecular complexity index is 864. The van der Waals surface area contributed by atoms with E-state index in [1.165, 1.54) is 13.0 Å². The SMILES string of the molecule is C[C@H](Oc1ccc(C(F)(F)F)cc1-c1ccc(C(N)=O)c(F)c1)C(=O)O. The Balaban J connectivity index is 2.60. The van der Waals surface area contributed by atoms with E-state index in [4.69, 9.17) is 15.6 Å². The Labute approximate surface area is 145 Å². The van der Waals surface area contributed by atoms with Gasteiger partial charge in [-0.15, -0.1) is 0 Å². The van der Waals surface area contributed by atoms with Crippen LogP contribution >= 0.6 is 0 Å². The Hall–Kier alpha value is -3.10. The second kappa shape index (κ2) is 7.03. The number of halogens is 4. The molecule has 0 bridgehead atoms. The van der Waals surface area contributed by atoms with Crippen molar-refractivity contribution in [2.75, 3.05) is 0 Å². The molecule has 5 nitrogen and oxygen atoms in total. The van der Waals surface area contributed by atoms with Crippen LogP contribution in [0.4, 0.5) is 17.6 Å². The Morgan fingerprint density at radius 3 is 2.31 bits per heavy atom. The molecule has 3 N–H and O–H groups in total. The standard InChI is InChI=1S/C17H13F4NO4/c1-8(16(24)25)26-14-5-3-10(17(19,20)21)7-12(14)9-2-4-11(15(22)23)13(18)6-9/h2-8H,1H3,(H2,22,23)(H,24,25)/t8-/m0/s1. The minimum atomic E-state index is -4.67. The number of alkyl halides is 3. The van der Waals surface area contributed by atoms with Crippen molar-refractivity contribution in [3.05, 3.63) is 53.3 Å². The molecule has 2 rings (SSSR count). The number of carbonyl (C=O) groups is 2. The lowest BCUT2D eigenvalue weighted by molar-refractivity contribution is -0.144. The van der Waals surface area contributed by atoms with Gasteiger partial charge < -0.3 is 15.6 Å². The molecule has 0 spiro atoms. The van der Waals surface area contributed by atoms with Crippen LogP contribution in [0.25, 0.3) is 11.1 Å². The fourth-order valence-electron chi connectivity index (χ4n) is 2.16. The van der Waals surface area contributed by atoms with Gasteiger partial charge in [0, 0.05) is 5.56 Å². The molecule has 0 saturated carbocycles. The molecule has 0 saturated heterocycles. The van der Waals surface area contributed by atoms with Crippen LogP contribution in [0.2, 0.25) is 0 Å². The van der Waals surface area contributed by atoms with Crippen molar-refractivity contribution in [2.45, 2.75) is 19.2 Å².